The molecule has 2 aromatic rings. The van der Waals surface area contributed by atoms with Crippen LogP contribution in [0.15, 0.2) is 52.3 Å². The number of hydrogen-bond acceptors (Lipinski definition) is 6. The van der Waals surface area contributed by atoms with Crippen LogP contribution in [0.3, 0.4) is 0 Å². The van der Waals surface area contributed by atoms with E-state index in [0.29, 0.717) is 17.0 Å². The number of thioether (sulfide) groups is 1. The molecule has 4 rings (SSSR count). The Bertz CT molecular complexity index is 1200. The number of amides is 2. The molecule has 1 saturated heterocycles. The van der Waals surface area contributed by atoms with Crippen molar-refractivity contribution in [2.24, 2.45) is 5.92 Å². The summed E-state index contributed by atoms with van der Waals surface area (Å²) in [5.74, 6) is -0.328. The molecule has 2 heterocycles. The van der Waals surface area contributed by atoms with Crippen molar-refractivity contribution in [1.29, 1.82) is 5.26 Å². The van der Waals surface area contributed by atoms with E-state index in [1.54, 1.807) is 29.2 Å². The molecule has 0 saturated carbocycles. The predicted octanol–water partition coefficient (Wildman–Crippen LogP) is 3.03. The minimum absolute atomic E-state index is 0.00824. The van der Waals surface area contributed by atoms with Gasteiger partial charge in [0.25, 0.3) is 10.0 Å². The molecule has 2 aliphatic heterocycles. The SMILES string of the molecule is N#Cc1cccc(NS(=O)(=O)c2ccc3c(c2)NC(=O)[C@H](CC(=O)N2CCCC2)CS3)c1. The highest BCUT2D eigenvalue weighted by Gasteiger charge is 2.30. The Hall–Kier alpha value is -3.03. The van der Waals surface area contributed by atoms with E-state index in [4.69, 9.17) is 5.26 Å². The summed E-state index contributed by atoms with van der Waals surface area (Å²) in [4.78, 5) is 27.8. The highest BCUT2D eigenvalue weighted by atomic mass is 32.2. The fourth-order valence-corrected chi connectivity index (χ4v) is 5.88. The van der Waals surface area contributed by atoms with Crippen LogP contribution in [0.1, 0.15) is 24.8 Å². The number of nitriles is 1. The first-order chi connectivity index (χ1) is 15.4. The molecule has 166 valence electrons. The van der Waals surface area contributed by atoms with Crippen molar-refractivity contribution in [2.45, 2.75) is 29.1 Å². The summed E-state index contributed by atoms with van der Waals surface area (Å²) in [6, 6.07) is 12.7. The van der Waals surface area contributed by atoms with Gasteiger partial charge in [-0.25, -0.2) is 8.42 Å². The minimum atomic E-state index is -3.93. The maximum atomic E-state index is 12.8. The second-order valence-corrected chi connectivity index (χ2v) is 10.5. The average Bonchev–Trinajstić information content (AvgIpc) is 3.27. The summed E-state index contributed by atoms with van der Waals surface area (Å²) in [6.07, 6.45) is 2.14. The normalized spacial score (nSPS) is 18.3. The summed E-state index contributed by atoms with van der Waals surface area (Å²) in [7, 11) is -3.93. The Morgan fingerprint density at radius 3 is 2.75 bits per heavy atom. The summed E-state index contributed by atoms with van der Waals surface area (Å²) >= 11 is 1.43. The Balaban J connectivity index is 1.50. The van der Waals surface area contributed by atoms with Gasteiger partial charge < -0.3 is 10.2 Å². The van der Waals surface area contributed by atoms with Crippen molar-refractivity contribution in [3.05, 3.63) is 48.0 Å². The zero-order valence-corrected chi connectivity index (χ0v) is 18.8. The van der Waals surface area contributed by atoms with Crippen LogP contribution in [0.2, 0.25) is 0 Å². The van der Waals surface area contributed by atoms with Crippen LogP contribution < -0.4 is 10.0 Å². The second kappa shape index (κ2) is 9.22. The molecule has 1 atom stereocenters. The molecule has 0 aromatic heterocycles. The highest BCUT2D eigenvalue weighted by molar-refractivity contribution is 7.99. The van der Waals surface area contributed by atoms with Gasteiger partial charge in [-0.15, -0.1) is 11.8 Å². The Kier molecular flexibility index (Phi) is 6.39. The maximum absolute atomic E-state index is 12.8. The lowest BCUT2D eigenvalue weighted by molar-refractivity contribution is -0.133. The van der Waals surface area contributed by atoms with Gasteiger partial charge >= 0.3 is 0 Å². The van der Waals surface area contributed by atoms with Crippen molar-refractivity contribution in [3.63, 3.8) is 0 Å². The minimum Gasteiger partial charge on any atom is -0.343 e. The number of benzene rings is 2. The Morgan fingerprint density at radius 2 is 2.00 bits per heavy atom. The zero-order valence-electron chi connectivity index (χ0n) is 17.2. The standard InChI is InChI=1S/C22H22N4O4S2/c23-13-15-4-3-5-17(10-15)25-32(29,30)18-6-7-20-19(12-18)24-22(28)16(14-31-20)11-21(27)26-8-1-2-9-26/h3-7,10,12,16,25H,1-2,8-9,11,14H2,(H,24,28)/t16-/m1/s1. The van der Waals surface area contributed by atoms with Gasteiger partial charge in [0.1, 0.15) is 0 Å². The summed E-state index contributed by atoms with van der Waals surface area (Å²) in [6.45, 7) is 1.48. The van der Waals surface area contributed by atoms with Crippen molar-refractivity contribution in [3.8, 4) is 6.07 Å². The molecule has 2 aliphatic rings. The van der Waals surface area contributed by atoms with Gasteiger partial charge in [0.05, 0.1) is 33.8 Å². The lowest BCUT2D eigenvalue weighted by Crippen LogP contribution is -2.33. The third-order valence-electron chi connectivity index (χ3n) is 5.45. The second-order valence-electron chi connectivity index (χ2n) is 7.75. The number of nitrogens with zero attached hydrogens (tertiary/aromatic N) is 2. The number of hydrogen-bond donors (Lipinski definition) is 2. The van der Waals surface area contributed by atoms with E-state index >= 15 is 0 Å². The summed E-state index contributed by atoms with van der Waals surface area (Å²) < 4.78 is 28.2. The number of sulfonamides is 1. The van der Waals surface area contributed by atoms with Gasteiger partial charge in [-0.05, 0) is 49.2 Å². The van der Waals surface area contributed by atoms with E-state index in [1.165, 1.54) is 30.0 Å². The van der Waals surface area contributed by atoms with Crippen LogP contribution in [0.5, 0.6) is 0 Å². The van der Waals surface area contributed by atoms with Crippen molar-refractivity contribution >= 4 is 45.0 Å². The van der Waals surface area contributed by atoms with E-state index in [-0.39, 0.29) is 28.8 Å². The number of likely N-dealkylation sites (tertiary alicyclic amines) is 1. The molecule has 0 spiro atoms. The molecule has 10 heteroatoms. The van der Waals surface area contributed by atoms with Crippen LogP contribution >= 0.6 is 11.8 Å². The van der Waals surface area contributed by atoms with Gasteiger partial charge in [0.15, 0.2) is 0 Å². The molecule has 2 aromatic carbocycles. The van der Waals surface area contributed by atoms with Crippen LogP contribution in [0.4, 0.5) is 11.4 Å². The third-order valence-corrected chi connectivity index (χ3v) is 8.07. The molecule has 2 N–H and O–H groups in total. The average molecular weight is 471 g/mol. The lowest BCUT2D eigenvalue weighted by atomic mass is 10.1. The number of carbonyl (C=O) groups excluding carboxylic acids is 2. The monoisotopic (exact) mass is 470 g/mol. The van der Waals surface area contributed by atoms with Crippen molar-refractivity contribution in [1.82, 2.24) is 4.90 Å². The Labute approximate surface area is 191 Å². The van der Waals surface area contributed by atoms with Crippen LogP contribution in [-0.4, -0.2) is 44.0 Å². The van der Waals surface area contributed by atoms with E-state index in [1.807, 2.05) is 6.07 Å². The van der Waals surface area contributed by atoms with Crippen molar-refractivity contribution < 1.29 is 18.0 Å². The van der Waals surface area contributed by atoms with E-state index in [9.17, 15) is 18.0 Å². The number of nitrogens with one attached hydrogen (secondary N) is 2. The smallest absolute Gasteiger partial charge is 0.261 e. The Morgan fingerprint density at radius 1 is 1.22 bits per heavy atom. The van der Waals surface area contributed by atoms with Gasteiger partial charge in [0, 0.05) is 30.2 Å². The molecule has 8 nitrogen and oxygen atoms in total. The summed E-state index contributed by atoms with van der Waals surface area (Å²) in [5, 5.41) is 11.8. The number of fused-ring (bicyclic) bond motifs is 1. The first kappa shape index (κ1) is 22.2. The molecule has 0 bridgehead atoms. The number of anilines is 2. The van der Waals surface area contributed by atoms with Crippen molar-refractivity contribution in [2.75, 3.05) is 28.9 Å². The predicted molar refractivity (Wildman–Crippen MR) is 122 cm³/mol. The molecular weight excluding hydrogens is 448 g/mol. The molecular formula is C22H22N4O4S2. The quantitative estimate of drug-likeness (QED) is 0.693. The first-order valence-electron chi connectivity index (χ1n) is 10.2. The topological polar surface area (TPSA) is 119 Å². The molecule has 0 aliphatic carbocycles. The number of carbonyl (C=O) groups is 2. The van der Waals surface area contributed by atoms with Gasteiger partial charge in [0.2, 0.25) is 11.8 Å². The summed E-state index contributed by atoms with van der Waals surface area (Å²) in [5.41, 5.74) is 1.02. The van der Waals surface area contributed by atoms with Gasteiger partial charge in [-0.1, -0.05) is 6.07 Å². The van der Waals surface area contributed by atoms with E-state index in [0.717, 1.165) is 30.8 Å². The lowest BCUT2D eigenvalue weighted by Gasteiger charge is -2.18. The fraction of sp³-hybridized carbons (Fsp3) is 0.318. The van der Waals surface area contributed by atoms with Gasteiger partial charge in [-0.2, -0.15) is 5.26 Å². The molecule has 1 fully saturated rings. The molecule has 0 unspecified atom stereocenters. The van der Waals surface area contributed by atoms with Crippen LogP contribution in [0, 0.1) is 17.2 Å². The largest absolute Gasteiger partial charge is 0.343 e. The van der Waals surface area contributed by atoms with Gasteiger partial charge in [-0.3, -0.25) is 14.3 Å². The highest BCUT2D eigenvalue weighted by Crippen LogP contribution is 2.35. The fourth-order valence-electron chi connectivity index (χ4n) is 3.72. The third kappa shape index (κ3) is 4.89. The number of rotatable bonds is 5. The molecule has 2 amide bonds. The first-order valence-corrected chi connectivity index (χ1v) is 12.7. The zero-order chi connectivity index (χ0) is 22.7. The molecule has 32 heavy (non-hydrogen) atoms. The maximum Gasteiger partial charge on any atom is 0.261 e. The van der Waals surface area contributed by atoms with Crippen LogP contribution in [0.25, 0.3) is 0 Å². The molecule has 0 radical (unpaired) electrons. The van der Waals surface area contributed by atoms with Crippen LogP contribution in [-0.2, 0) is 19.6 Å². The van der Waals surface area contributed by atoms with E-state index < -0.39 is 15.9 Å². The van der Waals surface area contributed by atoms with E-state index in [2.05, 4.69) is 10.0 Å².